The minimum atomic E-state index is -0.241. The van der Waals surface area contributed by atoms with Gasteiger partial charge in [0, 0.05) is 13.0 Å². The van der Waals surface area contributed by atoms with Gasteiger partial charge in [0.25, 0.3) is 5.91 Å². The summed E-state index contributed by atoms with van der Waals surface area (Å²) in [5.41, 5.74) is 8.61. The average Bonchev–Trinajstić information content (AvgIpc) is 3.14. The Hall–Kier alpha value is -2.56. The van der Waals surface area contributed by atoms with Crippen LogP contribution in [0.5, 0.6) is 5.75 Å². The first kappa shape index (κ1) is 18.2. The highest BCUT2D eigenvalue weighted by atomic mass is 35.5. The fourth-order valence-corrected chi connectivity index (χ4v) is 3.33. The van der Waals surface area contributed by atoms with Gasteiger partial charge >= 0.3 is 0 Å². The monoisotopic (exact) mass is 368 g/mol. The van der Waals surface area contributed by atoms with E-state index in [0.29, 0.717) is 24.5 Å². The highest BCUT2D eigenvalue weighted by molar-refractivity contribution is 5.98. The van der Waals surface area contributed by atoms with Crippen molar-refractivity contribution >= 4 is 29.1 Å². The number of para-hydroxylation sites is 1. The highest BCUT2D eigenvalue weighted by Gasteiger charge is 2.22. The van der Waals surface area contributed by atoms with E-state index in [9.17, 15) is 4.79 Å². The quantitative estimate of drug-likeness (QED) is 0.739. The molecule has 3 aromatic rings. The van der Waals surface area contributed by atoms with E-state index in [2.05, 4.69) is 29.6 Å². The first-order valence-electron chi connectivity index (χ1n) is 8.50. The van der Waals surface area contributed by atoms with E-state index in [1.165, 1.54) is 5.39 Å². The third kappa shape index (κ3) is 3.39. The fraction of sp³-hybridized carbons (Fsp3) is 0.190. The van der Waals surface area contributed by atoms with Crippen molar-refractivity contribution in [1.29, 1.82) is 0 Å². The Labute approximate surface area is 158 Å². The number of carbonyl (C=O) groups is 1. The molecule has 0 aliphatic carbocycles. The first-order valence-corrected chi connectivity index (χ1v) is 8.50. The van der Waals surface area contributed by atoms with Gasteiger partial charge < -0.3 is 15.8 Å². The van der Waals surface area contributed by atoms with Crippen LogP contribution in [-0.2, 0) is 6.42 Å². The number of hydrogen-bond donors (Lipinski definition) is 2. The summed E-state index contributed by atoms with van der Waals surface area (Å²) in [4.78, 5) is 12.8. The molecule has 1 aliphatic rings. The molecule has 0 spiro atoms. The highest BCUT2D eigenvalue weighted by Crippen LogP contribution is 2.30. The zero-order valence-electron chi connectivity index (χ0n) is 14.3. The molecule has 0 fully saturated rings. The van der Waals surface area contributed by atoms with Crippen molar-refractivity contribution in [2.45, 2.75) is 12.5 Å². The van der Waals surface area contributed by atoms with Crippen LogP contribution in [0, 0.1) is 0 Å². The van der Waals surface area contributed by atoms with Crippen LogP contribution >= 0.6 is 12.4 Å². The van der Waals surface area contributed by atoms with Crippen molar-refractivity contribution in [2.75, 3.05) is 13.2 Å². The zero-order chi connectivity index (χ0) is 17.2. The predicted octanol–water partition coefficient (Wildman–Crippen LogP) is 3.63. The Morgan fingerprint density at radius 1 is 1.08 bits per heavy atom. The molecule has 0 radical (unpaired) electrons. The number of hydrogen-bond acceptors (Lipinski definition) is 3. The summed E-state index contributed by atoms with van der Waals surface area (Å²) in [6.07, 6.45) is 0.849. The Bertz CT molecular complexity index is 942. The largest absolute Gasteiger partial charge is 0.492 e. The second kappa shape index (κ2) is 7.77. The van der Waals surface area contributed by atoms with Gasteiger partial charge in [-0.15, -0.1) is 12.4 Å². The molecule has 1 amide bonds. The van der Waals surface area contributed by atoms with Gasteiger partial charge in [0.2, 0.25) is 0 Å². The van der Waals surface area contributed by atoms with Crippen molar-refractivity contribution in [2.24, 2.45) is 5.73 Å². The topological polar surface area (TPSA) is 64.3 Å². The van der Waals surface area contributed by atoms with Crippen molar-refractivity contribution in [1.82, 2.24) is 5.32 Å². The summed E-state index contributed by atoms with van der Waals surface area (Å²) in [5.74, 6) is 0.552. The number of carbonyl (C=O) groups excluding carboxylic acids is 1. The molecule has 0 saturated carbocycles. The second-order valence-corrected chi connectivity index (χ2v) is 6.26. The van der Waals surface area contributed by atoms with Gasteiger partial charge in [0.1, 0.15) is 5.75 Å². The lowest BCUT2D eigenvalue weighted by molar-refractivity contribution is 0.0934. The lowest BCUT2D eigenvalue weighted by atomic mass is 10.0. The van der Waals surface area contributed by atoms with E-state index in [1.54, 1.807) is 6.07 Å². The number of rotatable bonds is 4. The molecule has 26 heavy (non-hydrogen) atoms. The number of nitrogens with one attached hydrogen (secondary N) is 1. The van der Waals surface area contributed by atoms with Gasteiger partial charge in [-0.1, -0.05) is 48.5 Å². The van der Waals surface area contributed by atoms with Crippen molar-refractivity contribution in [3.8, 4) is 5.75 Å². The van der Waals surface area contributed by atoms with Gasteiger partial charge in [-0.2, -0.15) is 0 Å². The molecule has 1 unspecified atom stereocenters. The van der Waals surface area contributed by atoms with E-state index < -0.39 is 0 Å². The maximum atomic E-state index is 12.8. The van der Waals surface area contributed by atoms with E-state index in [1.807, 2.05) is 30.3 Å². The predicted molar refractivity (Wildman–Crippen MR) is 106 cm³/mol. The molecule has 0 bridgehead atoms. The van der Waals surface area contributed by atoms with Gasteiger partial charge in [-0.3, -0.25) is 4.79 Å². The van der Waals surface area contributed by atoms with Crippen molar-refractivity contribution in [3.05, 3.63) is 77.4 Å². The van der Waals surface area contributed by atoms with Crippen LogP contribution in [-0.4, -0.2) is 19.1 Å². The lowest BCUT2D eigenvalue weighted by Gasteiger charge is -2.19. The Balaban J connectivity index is 0.00000196. The number of ether oxygens (including phenoxy) is 1. The van der Waals surface area contributed by atoms with Gasteiger partial charge in [0.15, 0.2) is 0 Å². The number of amides is 1. The van der Waals surface area contributed by atoms with Crippen molar-refractivity contribution < 1.29 is 9.53 Å². The van der Waals surface area contributed by atoms with Crippen LogP contribution in [0.15, 0.2) is 60.7 Å². The molecule has 1 atom stereocenters. The number of benzene rings is 3. The van der Waals surface area contributed by atoms with E-state index in [-0.39, 0.29) is 24.4 Å². The summed E-state index contributed by atoms with van der Waals surface area (Å²) in [6, 6.07) is 19.8. The van der Waals surface area contributed by atoms with Crippen LogP contribution in [0.25, 0.3) is 10.8 Å². The molecule has 0 saturated heterocycles. The summed E-state index contributed by atoms with van der Waals surface area (Å²) in [5, 5.41) is 5.35. The number of fused-ring (bicyclic) bond motifs is 2. The Kier molecular flexibility index (Phi) is 5.45. The van der Waals surface area contributed by atoms with Crippen LogP contribution in [0.3, 0.4) is 0 Å². The average molecular weight is 369 g/mol. The number of halogens is 1. The molecule has 0 aromatic heterocycles. The minimum Gasteiger partial charge on any atom is -0.492 e. The van der Waals surface area contributed by atoms with Crippen LogP contribution in [0.2, 0.25) is 0 Å². The van der Waals surface area contributed by atoms with Crippen LogP contribution < -0.4 is 15.8 Å². The molecule has 4 nitrogen and oxygen atoms in total. The molecular formula is C21H21ClN2O2. The van der Waals surface area contributed by atoms with E-state index in [0.717, 1.165) is 22.9 Å². The molecule has 1 aliphatic heterocycles. The Morgan fingerprint density at radius 3 is 2.69 bits per heavy atom. The summed E-state index contributed by atoms with van der Waals surface area (Å²) in [7, 11) is 0. The normalized spacial score (nSPS) is 13.4. The molecule has 1 heterocycles. The van der Waals surface area contributed by atoms with Crippen LogP contribution in [0.1, 0.15) is 27.5 Å². The van der Waals surface area contributed by atoms with Gasteiger partial charge in [-0.05, 0) is 34.0 Å². The van der Waals surface area contributed by atoms with E-state index >= 15 is 0 Å². The molecule has 134 valence electrons. The zero-order valence-corrected chi connectivity index (χ0v) is 15.1. The third-order valence-corrected chi connectivity index (χ3v) is 4.68. The molecule has 5 heteroatoms. The van der Waals surface area contributed by atoms with Crippen molar-refractivity contribution in [3.63, 3.8) is 0 Å². The molecule has 3 aromatic carbocycles. The first-order chi connectivity index (χ1) is 12.3. The SMILES string of the molecule is Cl.NCC(NC(=O)c1cccc2c1OCC2)c1ccc2ccccc2c1. The number of nitrogens with two attached hydrogens (primary N) is 1. The van der Waals surface area contributed by atoms with E-state index in [4.69, 9.17) is 10.5 Å². The van der Waals surface area contributed by atoms with Gasteiger partial charge in [0.05, 0.1) is 18.2 Å². The molecule has 3 N–H and O–H groups in total. The van der Waals surface area contributed by atoms with Crippen LogP contribution in [0.4, 0.5) is 0 Å². The smallest absolute Gasteiger partial charge is 0.255 e. The standard InChI is InChI=1S/C21H20N2O2.ClH/c22-13-19(17-9-8-14-4-1-2-5-16(14)12-17)23-21(24)18-7-3-6-15-10-11-25-20(15)18;/h1-9,12,19H,10-11,13,22H2,(H,23,24);1H. The molecular weight excluding hydrogens is 348 g/mol. The molecule has 4 rings (SSSR count). The lowest BCUT2D eigenvalue weighted by Crippen LogP contribution is -2.33. The third-order valence-electron chi connectivity index (χ3n) is 4.68. The van der Waals surface area contributed by atoms with Gasteiger partial charge in [-0.25, -0.2) is 0 Å². The maximum Gasteiger partial charge on any atom is 0.255 e. The summed E-state index contributed by atoms with van der Waals surface area (Å²) < 4.78 is 5.64. The Morgan fingerprint density at radius 2 is 1.88 bits per heavy atom. The fourth-order valence-electron chi connectivity index (χ4n) is 3.33. The maximum absolute atomic E-state index is 12.8. The second-order valence-electron chi connectivity index (χ2n) is 6.26. The summed E-state index contributed by atoms with van der Waals surface area (Å²) >= 11 is 0. The summed E-state index contributed by atoms with van der Waals surface area (Å²) in [6.45, 7) is 0.963. The minimum absolute atomic E-state index is 0.